The van der Waals surface area contributed by atoms with Crippen LogP contribution in [0.4, 0.5) is 5.69 Å². The summed E-state index contributed by atoms with van der Waals surface area (Å²) in [6, 6.07) is 17.5. The van der Waals surface area contributed by atoms with Gasteiger partial charge in [0.25, 0.3) is 5.91 Å². The Kier molecular flexibility index (Phi) is 8.85. The molecule has 0 aliphatic rings. The number of nitrogens with zero attached hydrogens (tertiary/aromatic N) is 1. The lowest BCUT2D eigenvalue weighted by atomic mass is 10.1. The summed E-state index contributed by atoms with van der Waals surface area (Å²) in [7, 11) is 1.32. The van der Waals surface area contributed by atoms with Gasteiger partial charge < -0.3 is 19.6 Å². The van der Waals surface area contributed by atoms with Gasteiger partial charge in [0.15, 0.2) is 5.75 Å². The average molecular weight is 465 g/mol. The van der Waals surface area contributed by atoms with E-state index in [4.69, 9.17) is 14.3 Å². The number of pyridine rings is 1. The summed E-state index contributed by atoms with van der Waals surface area (Å²) in [5.41, 5.74) is 1.65. The van der Waals surface area contributed by atoms with Crippen LogP contribution in [-0.2, 0) is 22.6 Å². The first kappa shape index (κ1) is 24.6. The molecule has 8 nitrogen and oxygen atoms in total. The van der Waals surface area contributed by atoms with Crippen LogP contribution >= 0.6 is 0 Å². The Morgan fingerprint density at radius 1 is 1.00 bits per heavy atom. The van der Waals surface area contributed by atoms with Crippen LogP contribution in [0.15, 0.2) is 71.7 Å². The number of aromatic nitrogens is 1. The maximum Gasteiger partial charge on any atom is 0.309 e. The van der Waals surface area contributed by atoms with Crippen molar-refractivity contribution in [3.05, 3.63) is 93.9 Å². The molecule has 0 atom stereocenters. The van der Waals surface area contributed by atoms with Crippen LogP contribution in [0.2, 0.25) is 0 Å². The fourth-order valence-corrected chi connectivity index (χ4v) is 3.12. The number of hydrogen-bond acceptors (Lipinski definition) is 6. The van der Waals surface area contributed by atoms with E-state index in [-0.39, 0.29) is 30.4 Å². The van der Waals surface area contributed by atoms with Crippen LogP contribution in [0, 0.1) is 0 Å². The molecule has 0 spiro atoms. The summed E-state index contributed by atoms with van der Waals surface area (Å²) in [4.78, 5) is 43.1. The predicted octanol–water partition coefficient (Wildman–Crippen LogP) is 3.62. The van der Waals surface area contributed by atoms with Crippen LogP contribution in [0.1, 0.15) is 41.4 Å². The Hall–Kier alpha value is -4.07. The fraction of sp³-hybridized carbons (Fsp3) is 0.269. The minimum Gasteiger partial charge on any atom is -0.488 e. The Labute approximate surface area is 198 Å². The molecule has 0 radical (unpaired) electrons. The van der Waals surface area contributed by atoms with Gasteiger partial charge in [-0.25, -0.2) is 0 Å². The molecule has 0 aliphatic heterocycles. The van der Waals surface area contributed by atoms with Crippen LogP contribution in [-0.4, -0.2) is 30.3 Å². The number of amides is 1. The van der Waals surface area contributed by atoms with Crippen LogP contribution in [0.3, 0.4) is 0 Å². The molecule has 0 unspecified atom stereocenters. The van der Waals surface area contributed by atoms with Gasteiger partial charge >= 0.3 is 5.97 Å². The Morgan fingerprint density at radius 3 is 2.50 bits per heavy atom. The number of unbranched alkanes of at least 4 members (excludes halogenated alkanes) is 1. The highest BCUT2D eigenvalue weighted by Crippen LogP contribution is 2.15. The molecule has 0 saturated heterocycles. The molecule has 178 valence electrons. The molecule has 34 heavy (non-hydrogen) atoms. The lowest BCUT2D eigenvalue weighted by Crippen LogP contribution is -2.27. The van der Waals surface area contributed by atoms with Crippen molar-refractivity contribution in [3.8, 4) is 5.75 Å². The Bertz CT molecular complexity index is 1170. The second-order valence-electron chi connectivity index (χ2n) is 7.58. The molecule has 1 heterocycles. The van der Waals surface area contributed by atoms with Crippen LogP contribution < -0.4 is 20.3 Å². The van der Waals surface area contributed by atoms with Gasteiger partial charge in [-0.05, 0) is 29.7 Å². The topological polar surface area (TPSA) is 95.9 Å². The third-order valence-corrected chi connectivity index (χ3v) is 4.94. The maximum absolute atomic E-state index is 13.1. The first-order valence-electron chi connectivity index (χ1n) is 11.0. The molecule has 8 heteroatoms. The fourth-order valence-electron chi connectivity index (χ4n) is 3.12. The number of esters is 1. The monoisotopic (exact) mass is 464 g/mol. The molecule has 1 aromatic heterocycles. The zero-order valence-corrected chi connectivity index (χ0v) is 19.3. The van der Waals surface area contributed by atoms with Gasteiger partial charge in [0.2, 0.25) is 5.43 Å². The van der Waals surface area contributed by atoms with E-state index in [1.165, 1.54) is 24.1 Å². The number of rotatable bonds is 11. The number of carbonyl (C=O) groups is 2. The SMILES string of the molecule is CCCCOc1cn(OCc2ccccc2)c(C(=O)Nc2cccc(CC(=O)OC)c2)cc1=O. The molecule has 0 aliphatic carbocycles. The van der Waals surface area contributed by atoms with Gasteiger partial charge in [-0.2, -0.15) is 4.73 Å². The number of nitrogens with one attached hydrogen (secondary N) is 1. The highest BCUT2D eigenvalue weighted by atomic mass is 16.7. The van der Waals surface area contributed by atoms with Crippen molar-refractivity contribution in [1.29, 1.82) is 0 Å². The van der Waals surface area contributed by atoms with Crippen molar-refractivity contribution >= 4 is 17.6 Å². The van der Waals surface area contributed by atoms with Gasteiger partial charge in [-0.1, -0.05) is 55.8 Å². The summed E-state index contributed by atoms with van der Waals surface area (Å²) in [5.74, 6) is -0.816. The summed E-state index contributed by atoms with van der Waals surface area (Å²) in [6.45, 7) is 2.61. The summed E-state index contributed by atoms with van der Waals surface area (Å²) >= 11 is 0. The van der Waals surface area contributed by atoms with E-state index in [0.717, 1.165) is 18.4 Å². The summed E-state index contributed by atoms with van der Waals surface area (Å²) in [5, 5.41) is 2.76. The lowest BCUT2D eigenvalue weighted by Gasteiger charge is -2.16. The molecule has 0 bridgehead atoms. The maximum atomic E-state index is 13.1. The molecule has 1 N–H and O–H groups in total. The van der Waals surface area contributed by atoms with E-state index in [9.17, 15) is 14.4 Å². The quantitative estimate of drug-likeness (QED) is 0.344. The van der Waals surface area contributed by atoms with Gasteiger partial charge in [0.1, 0.15) is 12.3 Å². The van der Waals surface area contributed by atoms with Gasteiger partial charge in [0, 0.05) is 11.8 Å². The van der Waals surface area contributed by atoms with Crippen molar-refractivity contribution in [1.82, 2.24) is 4.73 Å². The van der Waals surface area contributed by atoms with E-state index in [1.54, 1.807) is 24.3 Å². The largest absolute Gasteiger partial charge is 0.488 e. The molecule has 0 saturated carbocycles. The van der Waals surface area contributed by atoms with Gasteiger partial charge in [-0.15, -0.1) is 0 Å². The van der Waals surface area contributed by atoms with Crippen molar-refractivity contribution in [2.45, 2.75) is 32.8 Å². The molecule has 3 aromatic rings. The second kappa shape index (κ2) is 12.2. The number of hydrogen-bond donors (Lipinski definition) is 1. The minimum atomic E-state index is -0.541. The van der Waals surface area contributed by atoms with E-state index >= 15 is 0 Å². The number of carbonyl (C=O) groups excluding carboxylic acids is 2. The summed E-state index contributed by atoms with van der Waals surface area (Å²) in [6.07, 6.45) is 3.20. The third-order valence-electron chi connectivity index (χ3n) is 4.94. The van der Waals surface area contributed by atoms with Crippen molar-refractivity contribution in [2.24, 2.45) is 0 Å². The number of ether oxygens (including phenoxy) is 2. The van der Waals surface area contributed by atoms with Crippen molar-refractivity contribution in [3.63, 3.8) is 0 Å². The standard InChI is InChI=1S/C26H28N2O6/c1-3-4-13-33-24-17-28(34-18-19-9-6-5-7-10-19)22(16-23(24)29)26(31)27-21-12-8-11-20(14-21)15-25(30)32-2/h5-12,14,16-17H,3-4,13,15,18H2,1-2H3,(H,27,31). The molecule has 2 aromatic carbocycles. The van der Waals surface area contributed by atoms with Crippen molar-refractivity contribution in [2.75, 3.05) is 19.0 Å². The third kappa shape index (κ3) is 6.96. The molecular formula is C26H28N2O6. The average Bonchev–Trinajstić information content (AvgIpc) is 2.84. The minimum absolute atomic E-state index is 0.0159. The number of anilines is 1. The smallest absolute Gasteiger partial charge is 0.309 e. The number of methoxy groups -OCH3 is 1. The van der Waals surface area contributed by atoms with E-state index < -0.39 is 11.3 Å². The van der Waals surface area contributed by atoms with E-state index in [0.29, 0.717) is 17.9 Å². The van der Waals surface area contributed by atoms with E-state index in [2.05, 4.69) is 5.32 Å². The van der Waals surface area contributed by atoms with E-state index in [1.807, 2.05) is 37.3 Å². The van der Waals surface area contributed by atoms with Gasteiger partial charge in [-0.3, -0.25) is 14.4 Å². The first-order valence-corrected chi connectivity index (χ1v) is 11.0. The highest BCUT2D eigenvalue weighted by molar-refractivity contribution is 6.03. The molecule has 0 fully saturated rings. The van der Waals surface area contributed by atoms with Crippen molar-refractivity contribution < 1.29 is 23.9 Å². The first-order chi connectivity index (χ1) is 16.5. The Balaban J connectivity index is 1.85. The summed E-state index contributed by atoms with van der Waals surface area (Å²) < 4.78 is 11.5. The normalized spacial score (nSPS) is 10.4. The van der Waals surface area contributed by atoms with Gasteiger partial charge in [0.05, 0.1) is 26.3 Å². The highest BCUT2D eigenvalue weighted by Gasteiger charge is 2.17. The second-order valence-corrected chi connectivity index (χ2v) is 7.58. The number of benzene rings is 2. The van der Waals surface area contributed by atoms with Crippen LogP contribution in [0.5, 0.6) is 5.75 Å². The van der Waals surface area contributed by atoms with Crippen LogP contribution in [0.25, 0.3) is 0 Å². The Morgan fingerprint density at radius 2 is 1.76 bits per heavy atom. The molecular weight excluding hydrogens is 436 g/mol. The lowest BCUT2D eigenvalue weighted by molar-refractivity contribution is -0.139. The predicted molar refractivity (Wildman–Crippen MR) is 128 cm³/mol. The molecule has 1 amide bonds. The zero-order valence-electron chi connectivity index (χ0n) is 19.3. The zero-order chi connectivity index (χ0) is 24.3. The molecule has 3 rings (SSSR count).